The highest BCUT2D eigenvalue weighted by atomic mass is 35.5. The molecule has 6 heteroatoms. The summed E-state index contributed by atoms with van der Waals surface area (Å²) < 4.78 is 26.5. The van der Waals surface area contributed by atoms with Crippen molar-refractivity contribution in [1.82, 2.24) is 4.98 Å². The smallest absolute Gasteiger partial charge is 0.268 e. The maximum absolute atomic E-state index is 12.6. The van der Waals surface area contributed by atoms with Gasteiger partial charge >= 0.3 is 0 Å². The topological polar surface area (TPSA) is 50.3 Å². The normalized spacial score (nSPS) is 11.4. The van der Waals surface area contributed by atoms with Gasteiger partial charge in [-0.05, 0) is 37.1 Å². The van der Waals surface area contributed by atoms with Gasteiger partial charge in [-0.15, -0.1) is 11.6 Å². The van der Waals surface area contributed by atoms with Crippen LogP contribution in [0.5, 0.6) is 0 Å². The van der Waals surface area contributed by atoms with Crippen molar-refractivity contribution < 1.29 is 8.42 Å². The molecule has 0 aliphatic rings. The van der Waals surface area contributed by atoms with E-state index in [0.29, 0.717) is 11.6 Å². The Bertz CT molecular complexity index is 743. The van der Waals surface area contributed by atoms with Crippen LogP contribution >= 0.6 is 11.6 Å². The fraction of sp³-hybridized carbons (Fsp3) is 0.267. The summed E-state index contributed by atoms with van der Waals surface area (Å²) >= 11 is 5.69. The van der Waals surface area contributed by atoms with E-state index in [1.54, 1.807) is 12.1 Å². The van der Waals surface area contributed by atoms with Crippen molar-refractivity contribution in [2.75, 3.05) is 11.4 Å². The summed E-state index contributed by atoms with van der Waals surface area (Å²) in [7, 11) is -2.14. The number of anilines is 1. The molecule has 0 fully saturated rings. The van der Waals surface area contributed by atoms with Crippen LogP contribution in [0.1, 0.15) is 16.7 Å². The molecule has 0 radical (unpaired) electrons. The number of sulfonamides is 1. The number of hydrogen-bond donors (Lipinski definition) is 0. The Morgan fingerprint density at radius 2 is 1.90 bits per heavy atom. The van der Waals surface area contributed by atoms with Crippen molar-refractivity contribution in [2.45, 2.75) is 24.8 Å². The van der Waals surface area contributed by atoms with E-state index >= 15 is 0 Å². The SMILES string of the molecule is Cc1ccc(N(C)S(=O)(=O)c2ccc(CCl)cn2)c(C)c1. The summed E-state index contributed by atoms with van der Waals surface area (Å²) in [6, 6.07) is 8.79. The van der Waals surface area contributed by atoms with Gasteiger partial charge in [0.15, 0.2) is 5.03 Å². The van der Waals surface area contributed by atoms with Gasteiger partial charge in [-0.1, -0.05) is 23.8 Å². The van der Waals surface area contributed by atoms with E-state index in [0.717, 1.165) is 16.7 Å². The van der Waals surface area contributed by atoms with Crippen molar-refractivity contribution >= 4 is 27.3 Å². The number of aryl methyl sites for hydroxylation is 2. The highest BCUT2D eigenvalue weighted by Crippen LogP contribution is 2.25. The molecule has 2 rings (SSSR count). The first kappa shape index (κ1) is 15.8. The van der Waals surface area contributed by atoms with E-state index in [-0.39, 0.29) is 5.03 Å². The zero-order valence-corrected chi connectivity index (χ0v) is 13.7. The summed E-state index contributed by atoms with van der Waals surface area (Å²) in [4.78, 5) is 4.00. The maximum atomic E-state index is 12.6. The molecular formula is C15H17ClN2O2S. The van der Waals surface area contributed by atoms with Gasteiger partial charge in [0.1, 0.15) is 0 Å². The third-order valence-electron chi connectivity index (χ3n) is 3.27. The Morgan fingerprint density at radius 3 is 2.43 bits per heavy atom. The fourth-order valence-electron chi connectivity index (χ4n) is 2.07. The summed E-state index contributed by atoms with van der Waals surface area (Å²) in [6.07, 6.45) is 1.48. The van der Waals surface area contributed by atoms with Gasteiger partial charge in [-0.3, -0.25) is 4.31 Å². The molecule has 1 aromatic carbocycles. The standard InChI is InChI=1S/C15H17ClN2O2S/c1-11-4-6-14(12(2)8-11)18(3)21(19,20)15-7-5-13(9-16)10-17-15/h4-8,10H,9H2,1-3H3. The highest BCUT2D eigenvalue weighted by Gasteiger charge is 2.23. The van der Waals surface area contributed by atoms with Crippen molar-refractivity contribution in [3.8, 4) is 0 Å². The van der Waals surface area contributed by atoms with Crippen LogP contribution in [0.4, 0.5) is 5.69 Å². The minimum atomic E-state index is -3.67. The van der Waals surface area contributed by atoms with Crippen molar-refractivity contribution in [3.63, 3.8) is 0 Å². The molecular weight excluding hydrogens is 308 g/mol. The van der Waals surface area contributed by atoms with Crippen LogP contribution in [0.2, 0.25) is 0 Å². The second-order valence-corrected chi connectivity index (χ2v) is 7.08. The number of pyridine rings is 1. The zero-order chi connectivity index (χ0) is 15.6. The van der Waals surface area contributed by atoms with Crippen LogP contribution in [0.3, 0.4) is 0 Å². The highest BCUT2D eigenvalue weighted by molar-refractivity contribution is 7.92. The number of rotatable bonds is 4. The Kier molecular flexibility index (Phi) is 4.54. The average Bonchev–Trinajstić information content (AvgIpc) is 2.46. The van der Waals surface area contributed by atoms with Crippen LogP contribution in [0.25, 0.3) is 0 Å². The van der Waals surface area contributed by atoms with Gasteiger partial charge in [0.25, 0.3) is 10.0 Å². The summed E-state index contributed by atoms with van der Waals surface area (Å²) in [5.41, 5.74) is 3.42. The van der Waals surface area contributed by atoms with Crippen molar-refractivity contribution in [3.05, 3.63) is 53.2 Å². The first-order chi connectivity index (χ1) is 9.86. The molecule has 0 saturated heterocycles. The van der Waals surface area contributed by atoms with Gasteiger partial charge in [-0.2, -0.15) is 8.42 Å². The number of benzene rings is 1. The second-order valence-electron chi connectivity index (χ2n) is 4.90. The van der Waals surface area contributed by atoms with Gasteiger partial charge in [0, 0.05) is 19.1 Å². The number of nitrogens with zero attached hydrogens (tertiary/aromatic N) is 2. The Hall–Kier alpha value is -1.59. The van der Waals surface area contributed by atoms with Gasteiger partial charge in [0.2, 0.25) is 0 Å². The zero-order valence-electron chi connectivity index (χ0n) is 12.2. The number of halogens is 1. The lowest BCUT2D eigenvalue weighted by molar-refractivity contribution is 0.590. The first-order valence-electron chi connectivity index (χ1n) is 6.43. The molecule has 1 aromatic heterocycles. The predicted octanol–water partition coefficient (Wildman–Crippen LogP) is 3.26. The lowest BCUT2D eigenvalue weighted by Gasteiger charge is -2.21. The molecule has 112 valence electrons. The summed E-state index contributed by atoms with van der Waals surface area (Å²) in [5.74, 6) is 0.306. The first-order valence-corrected chi connectivity index (χ1v) is 8.41. The summed E-state index contributed by atoms with van der Waals surface area (Å²) in [6.45, 7) is 3.86. The minimum Gasteiger partial charge on any atom is -0.268 e. The maximum Gasteiger partial charge on any atom is 0.281 e. The Labute approximate surface area is 130 Å². The van der Waals surface area contributed by atoms with Crippen molar-refractivity contribution in [2.24, 2.45) is 0 Å². The van der Waals surface area contributed by atoms with E-state index in [9.17, 15) is 8.42 Å². The van der Waals surface area contributed by atoms with E-state index in [4.69, 9.17) is 11.6 Å². The number of aromatic nitrogens is 1. The molecule has 2 aromatic rings. The molecule has 0 atom stereocenters. The molecule has 0 bridgehead atoms. The van der Waals surface area contributed by atoms with E-state index in [1.165, 1.54) is 23.6 Å². The lowest BCUT2D eigenvalue weighted by Crippen LogP contribution is -2.28. The van der Waals surface area contributed by atoms with Crippen molar-refractivity contribution in [1.29, 1.82) is 0 Å². The van der Waals surface area contributed by atoms with E-state index in [2.05, 4.69) is 4.98 Å². The Balaban J connectivity index is 2.42. The molecule has 1 heterocycles. The molecule has 0 aliphatic carbocycles. The monoisotopic (exact) mass is 324 g/mol. The van der Waals surface area contributed by atoms with E-state index in [1.807, 2.05) is 26.0 Å². The van der Waals surface area contributed by atoms with Crippen LogP contribution in [-0.2, 0) is 15.9 Å². The van der Waals surface area contributed by atoms with E-state index < -0.39 is 10.0 Å². The van der Waals surface area contributed by atoms with Crippen LogP contribution in [-0.4, -0.2) is 20.4 Å². The quantitative estimate of drug-likeness (QED) is 0.811. The molecule has 0 saturated carbocycles. The molecule has 0 unspecified atom stereocenters. The molecule has 21 heavy (non-hydrogen) atoms. The van der Waals surface area contributed by atoms with Crippen LogP contribution in [0, 0.1) is 13.8 Å². The number of alkyl halides is 1. The van der Waals surface area contributed by atoms with Gasteiger partial charge in [0.05, 0.1) is 5.69 Å². The third kappa shape index (κ3) is 3.19. The minimum absolute atomic E-state index is 0.0128. The fourth-order valence-corrected chi connectivity index (χ4v) is 3.40. The Morgan fingerprint density at radius 1 is 1.19 bits per heavy atom. The lowest BCUT2D eigenvalue weighted by atomic mass is 10.1. The average molecular weight is 325 g/mol. The van der Waals surface area contributed by atoms with Crippen LogP contribution in [0.15, 0.2) is 41.6 Å². The number of hydrogen-bond acceptors (Lipinski definition) is 3. The van der Waals surface area contributed by atoms with Gasteiger partial charge < -0.3 is 0 Å². The summed E-state index contributed by atoms with van der Waals surface area (Å²) in [5, 5.41) is 0.0128. The molecule has 0 amide bonds. The second kappa shape index (κ2) is 6.03. The molecule has 4 nitrogen and oxygen atoms in total. The molecule has 0 aliphatic heterocycles. The van der Waals surface area contributed by atoms with Gasteiger partial charge in [-0.25, -0.2) is 4.98 Å². The molecule has 0 spiro atoms. The predicted molar refractivity (Wildman–Crippen MR) is 85.3 cm³/mol. The van der Waals surface area contributed by atoms with Crippen LogP contribution < -0.4 is 4.31 Å². The largest absolute Gasteiger partial charge is 0.281 e. The molecule has 0 N–H and O–H groups in total. The third-order valence-corrected chi connectivity index (χ3v) is 5.26.